The zero-order valence-corrected chi connectivity index (χ0v) is 14.1. The van der Waals surface area contributed by atoms with Gasteiger partial charge >= 0.3 is 0 Å². The number of phenols is 1. The fraction of sp³-hybridized carbons (Fsp3) is 0. The summed E-state index contributed by atoms with van der Waals surface area (Å²) in [6, 6.07) is 13.3. The molecular formula is C16H10ClIN2O2. The minimum atomic E-state index is -0.507. The summed E-state index contributed by atoms with van der Waals surface area (Å²) in [7, 11) is 0. The van der Waals surface area contributed by atoms with Crippen molar-refractivity contribution in [3.63, 3.8) is 0 Å². The van der Waals surface area contributed by atoms with Crippen LogP contribution < -0.4 is 5.32 Å². The third-order valence-corrected chi connectivity index (χ3v) is 3.87. The van der Waals surface area contributed by atoms with E-state index in [-0.39, 0.29) is 11.3 Å². The molecule has 0 radical (unpaired) electrons. The molecule has 2 aromatic rings. The van der Waals surface area contributed by atoms with Crippen LogP contribution in [0.2, 0.25) is 5.02 Å². The minimum absolute atomic E-state index is 0.0311. The van der Waals surface area contributed by atoms with Crippen molar-refractivity contribution in [2.75, 3.05) is 5.32 Å². The number of halogens is 2. The molecule has 0 saturated heterocycles. The van der Waals surface area contributed by atoms with E-state index in [1.165, 1.54) is 12.1 Å². The molecule has 0 unspecified atom stereocenters. The number of phenolic OH excluding ortho intramolecular Hbond substituents is 1. The summed E-state index contributed by atoms with van der Waals surface area (Å²) in [4.78, 5) is 12.1. The van der Waals surface area contributed by atoms with Gasteiger partial charge in [0.05, 0.1) is 3.57 Å². The van der Waals surface area contributed by atoms with E-state index in [4.69, 9.17) is 16.9 Å². The van der Waals surface area contributed by atoms with E-state index < -0.39 is 5.91 Å². The van der Waals surface area contributed by atoms with Crippen LogP contribution in [0, 0.1) is 14.9 Å². The molecule has 2 rings (SSSR count). The summed E-state index contributed by atoms with van der Waals surface area (Å²) in [5.41, 5.74) is 1.18. The van der Waals surface area contributed by atoms with Crippen molar-refractivity contribution in [1.29, 1.82) is 5.26 Å². The van der Waals surface area contributed by atoms with E-state index in [9.17, 15) is 9.90 Å². The topological polar surface area (TPSA) is 73.1 Å². The highest BCUT2D eigenvalue weighted by molar-refractivity contribution is 14.1. The van der Waals surface area contributed by atoms with Crippen molar-refractivity contribution in [2.24, 2.45) is 0 Å². The molecule has 0 aromatic heterocycles. The molecular weight excluding hydrogens is 415 g/mol. The lowest BCUT2D eigenvalue weighted by molar-refractivity contribution is -0.112. The Morgan fingerprint density at radius 1 is 1.27 bits per heavy atom. The molecule has 2 aromatic carbocycles. The number of nitriles is 1. The number of nitrogens with one attached hydrogen (secondary N) is 1. The molecule has 6 heteroatoms. The highest BCUT2D eigenvalue weighted by Crippen LogP contribution is 2.22. The van der Waals surface area contributed by atoms with Crippen LogP contribution in [0.5, 0.6) is 5.75 Å². The second kappa shape index (κ2) is 7.29. The first-order valence-electron chi connectivity index (χ1n) is 6.17. The lowest BCUT2D eigenvalue weighted by Gasteiger charge is -2.04. The van der Waals surface area contributed by atoms with Gasteiger partial charge in [-0.1, -0.05) is 17.7 Å². The van der Waals surface area contributed by atoms with Crippen molar-refractivity contribution in [3.8, 4) is 11.8 Å². The maximum atomic E-state index is 12.1. The Kier molecular flexibility index (Phi) is 5.41. The van der Waals surface area contributed by atoms with Crippen LogP contribution in [-0.2, 0) is 4.79 Å². The molecule has 0 aliphatic heterocycles. The van der Waals surface area contributed by atoms with Gasteiger partial charge in [-0.3, -0.25) is 4.79 Å². The van der Waals surface area contributed by atoms with Gasteiger partial charge in [0.1, 0.15) is 17.4 Å². The SMILES string of the molecule is N#C/C(=C/c1ccc(O)c(I)c1)C(=O)Nc1ccc(Cl)cc1. The Morgan fingerprint density at radius 2 is 1.95 bits per heavy atom. The van der Waals surface area contributed by atoms with E-state index in [1.807, 2.05) is 28.7 Å². The van der Waals surface area contributed by atoms with E-state index in [2.05, 4.69) is 5.32 Å². The number of anilines is 1. The fourth-order valence-corrected chi connectivity index (χ4v) is 2.33. The molecule has 110 valence electrons. The maximum absolute atomic E-state index is 12.1. The van der Waals surface area contributed by atoms with Gasteiger partial charge < -0.3 is 10.4 Å². The predicted molar refractivity (Wildman–Crippen MR) is 94.5 cm³/mol. The number of rotatable bonds is 3. The number of hydrogen-bond donors (Lipinski definition) is 2. The van der Waals surface area contributed by atoms with Gasteiger partial charge in [0.15, 0.2) is 0 Å². The lowest BCUT2D eigenvalue weighted by Crippen LogP contribution is -2.13. The average molecular weight is 425 g/mol. The summed E-state index contributed by atoms with van der Waals surface area (Å²) in [5, 5.41) is 21.8. The Balaban J connectivity index is 2.21. The highest BCUT2D eigenvalue weighted by Gasteiger charge is 2.10. The summed E-state index contributed by atoms with van der Waals surface area (Å²) in [5.74, 6) is -0.352. The first kappa shape index (κ1) is 16.3. The van der Waals surface area contributed by atoms with Crippen LogP contribution >= 0.6 is 34.2 Å². The van der Waals surface area contributed by atoms with Gasteiger partial charge in [0.25, 0.3) is 5.91 Å². The molecule has 0 fully saturated rings. The third kappa shape index (κ3) is 4.23. The summed E-state index contributed by atoms with van der Waals surface area (Å²) in [6.45, 7) is 0. The summed E-state index contributed by atoms with van der Waals surface area (Å²) in [6.07, 6.45) is 1.47. The van der Waals surface area contributed by atoms with Crippen molar-refractivity contribution >= 4 is 51.9 Å². The number of hydrogen-bond acceptors (Lipinski definition) is 3. The second-order valence-corrected chi connectivity index (χ2v) is 5.94. The second-order valence-electron chi connectivity index (χ2n) is 4.34. The first-order valence-corrected chi connectivity index (χ1v) is 7.62. The smallest absolute Gasteiger partial charge is 0.266 e. The average Bonchev–Trinajstić information content (AvgIpc) is 2.50. The van der Waals surface area contributed by atoms with Crippen molar-refractivity contribution in [1.82, 2.24) is 0 Å². The lowest BCUT2D eigenvalue weighted by atomic mass is 10.1. The Morgan fingerprint density at radius 3 is 2.55 bits per heavy atom. The highest BCUT2D eigenvalue weighted by atomic mass is 127. The minimum Gasteiger partial charge on any atom is -0.507 e. The normalized spacial score (nSPS) is 10.9. The number of nitrogens with zero attached hydrogens (tertiary/aromatic N) is 1. The predicted octanol–water partition coefficient (Wildman–Crippen LogP) is 4.20. The van der Waals surface area contributed by atoms with Gasteiger partial charge in [-0.05, 0) is 70.6 Å². The van der Waals surface area contributed by atoms with Crippen LogP contribution in [-0.4, -0.2) is 11.0 Å². The number of benzene rings is 2. The van der Waals surface area contributed by atoms with Gasteiger partial charge in [0.2, 0.25) is 0 Å². The van der Waals surface area contributed by atoms with Crippen LogP contribution in [0.1, 0.15) is 5.56 Å². The number of amides is 1. The van der Waals surface area contributed by atoms with Crippen LogP contribution in [0.4, 0.5) is 5.69 Å². The van der Waals surface area contributed by atoms with Gasteiger partial charge in [-0.25, -0.2) is 0 Å². The van der Waals surface area contributed by atoms with Crippen molar-refractivity contribution < 1.29 is 9.90 Å². The molecule has 1 amide bonds. The van der Waals surface area contributed by atoms with E-state index >= 15 is 0 Å². The molecule has 0 aliphatic rings. The van der Waals surface area contributed by atoms with Crippen LogP contribution in [0.3, 0.4) is 0 Å². The molecule has 0 spiro atoms. The zero-order valence-electron chi connectivity index (χ0n) is 11.2. The fourth-order valence-electron chi connectivity index (χ4n) is 1.66. The molecule has 0 aliphatic carbocycles. The van der Waals surface area contributed by atoms with Crippen LogP contribution in [0.15, 0.2) is 48.0 Å². The molecule has 0 atom stereocenters. The largest absolute Gasteiger partial charge is 0.507 e. The van der Waals surface area contributed by atoms with Crippen molar-refractivity contribution in [2.45, 2.75) is 0 Å². The van der Waals surface area contributed by atoms with Gasteiger partial charge in [0, 0.05) is 10.7 Å². The van der Waals surface area contributed by atoms with Gasteiger partial charge in [-0.2, -0.15) is 5.26 Å². The van der Waals surface area contributed by atoms with Crippen molar-refractivity contribution in [3.05, 3.63) is 62.2 Å². The Bertz CT molecular complexity index is 780. The molecule has 0 bridgehead atoms. The summed E-state index contributed by atoms with van der Waals surface area (Å²) >= 11 is 7.75. The van der Waals surface area contributed by atoms with Gasteiger partial charge in [-0.15, -0.1) is 0 Å². The monoisotopic (exact) mass is 424 g/mol. The van der Waals surface area contributed by atoms with E-state index in [0.29, 0.717) is 19.8 Å². The number of carbonyl (C=O) groups is 1. The number of carbonyl (C=O) groups excluding carboxylic acids is 1. The van der Waals surface area contributed by atoms with E-state index in [1.54, 1.807) is 36.4 Å². The molecule has 22 heavy (non-hydrogen) atoms. The maximum Gasteiger partial charge on any atom is 0.266 e. The van der Waals surface area contributed by atoms with E-state index in [0.717, 1.165) is 0 Å². The zero-order chi connectivity index (χ0) is 16.1. The molecule has 2 N–H and O–H groups in total. The first-order chi connectivity index (χ1) is 10.5. The molecule has 0 saturated carbocycles. The Hall–Kier alpha value is -2.04. The standard InChI is InChI=1S/C16H10ClIN2O2/c17-12-2-4-13(5-3-12)20-16(22)11(9-19)7-10-1-6-15(21)14(18)8-10/h1-8,21H,(H,20,22)/b11-7-. The third-order valence-electron chi connectivity index (χ3n) is 2.75. The molecule has 0 heterocycles. The van der Waals surface area contributed by atoms with Crippen LogP contribution in [0.25, 0.3) is 6.08 Å². The quantitative estimate of drug-likeness (QED) is 0.441. The summed E-state index contributed by atoms with van der Waals surface area (Å²) < 4.78 is 0.641. The molecule has 4 nitrogen and oxygen atoms in total. The Labute approximate surface area is 146 Å². The number of aromatic hydroxyl groups is 1.